The average molecular weight is 321 g/mol. The predicted molar refractivity (Wildman–Crippen MR) is 96.5 cm³/mol. The van der Waals surface area contributed by atoms with Crippen molar-refractivity contribution in [2.24, 2.45) is 0 Å². The summed E-state index contributed by atoms with van der Waals surface area (Å²) in [5, 5.41) is 0. The number of nitrogens with zero attached hydrogens (tertiary/aromatic N) is 1. The second-order valence-electron chi connectivity index (χ2n) is 6.70. The molecular formula is C21H23NO2. The Labute approximate surface area is 143 Å². The summed E-state index contributed by atoms with van der Waals surface area (Å²) in [5.74, 6) is 0.693. The molecule has 0 N–H and O–H groups in total. The van der Waals surface area contributed by atoms with E-state index in [1.807, 2.05) is 37.3 Å². The van der Waals surface area contributed by atoms with Crippen LogP contribution < -0.4 is 4.90 Å². The summed E-state index contributed by atoms with van der Waals surface area (Å²) in [4.78, 5) is 26.2. The Morgan fingerprint density at radius 3 is 2.46 bits per heavy atom. The minimum absolute atomic E-state index is 0.0214. The van der Waals surface area contributed by atoms with Gasteiger partial charge in [0.15, 0.2) is 0 Å². The van der Waals surface area contributed by atoms with Crippen molar-refractivity contribution in [2.45, 2.75) is 46.1 Å². The molecule has 3 rings (SSSR count). The van der Waals surface area contributed by atoms with Crippen molar-refractivity contribution < 1.29 is 9.59 Å². The number of carbonyl (C=O) groups is 2. The number of fused-ring (bicyclic) bond motifs is 1. The van der Waals surface area contributed by atoms with Crippen molar-refractivity contribution in [1.82, 2.24) is 0 Å². The summed E-state index contributed by atoms with van der Waals surface area (Å²) in [5.41, 5.74) is 4.87. The van der Waals surface area contributed by atoms with E-state index in [4.69, 9.17) is 0 Å². The van der Waals surface area contributed by atoms with Gasteiger partial charge in [0.05, 0.1) is 6.54 Å². The first-order valence-electron chi connectivity index (χ1n) is 8.55. The molecule has 1 aliphatic heterocycles. The summed E-state index contributed by atoms with van der Waals surface area (Å²) in [7, 11) is 0. The summed E-state index contributed by atoms with van der Waals surface area (Å²) >= 11 is 0. The molecule has 1 heterocycles. The van der Waals surface area contributed by atoms with E-state index in [2.05, 4.69) is 26.0 Å². The molecule has 0 radical (unpaired) electrons. The molecule has 1 amide bonds. The quantitative estimate of drug-likeness (QED) is 0.813. The van der Waals surface area contributed by atoms with Crippen LogP contribution in [-0.2, 0) is 17.8 Å². The Morgan fingerprint density at radius 2 is 1.83 bits per heavy atom. The standard InChI is InChI=1S/C21H23NO2/c1-4-19(23)11-15-5-6-17-13-22(21(24)20(17)12-15)18-9-7-16(8-10-18)14(2)3/h5-10,12,14H,4,11,13H2,1-3H3. The maximum atomic E-state index is 12.8. The monoisotopic (exact) mass is 321 g/mol. The Kier molecular flexibility index (Phi) is 4.52. The van der Waals surface area contributed by atoms with Gasteiger partial charge in [0.2, 0.25) is 0 Å². The highest BCUT2D eigenvalue weighted by Crippen LogP contribution is 2.30. The highest BCUT2D eigenvalue weighted by molar-refractivity contribution is 6.10. The molecule has 0 aliphatic carbocycles. The smallest absolute Gasteiger partial charge is 0.258 e. The second-order valence-corrected chi connectivity index (χ2v) is 6.70. The molecule has 0 bridgehead atoms. The van der Waals surface area contributed by atoms with E-state index in [0.29, 0.717) is 25.3 Å². The van der Waals surface area contributed by atoms with E-state index < -0.39 is 0 Å². The van der Waals surface area contributed by atoms with Gasteiger partial charge in [-0.25, -0.2) is 0 Å². The molecular weight excluding hydrogens is 298 g/mol. The fourth-order valence-electron chi connectivity index (χ4n) is 3.06. The van der Waals surface area contributed by atoms with Crippen LogP contribution in [0.25, 0.3) is 0 Å². The third-order valence-electron chi connectivity index (χ3n) is 4.65. The Morgan fingerprint density at radius 1 is 1.12 bits per heavy atom. The zero-order valence-electron chi connectivity index (χ0n) is 14.5. The molecule has 0 saturated carbocycles. The van der Waals surface area contributed by atoms with E-state index in [9.17, 15) is 9.59 Å². The van der Waals surface area contributed by atoms with E-state index >= 15 is 0 Å². The predicted octanol–water partition coefficient (Wildman–Crippen LogP) is 4.49. The second kappa shape index (κ2) is 6.60. The lowest BCUT2D eigenvalue weighted by Gasteiger charge is -2.16. The Balaban J connectivity index is 1.84. The van der Waals surface area contributed by atoms with Gasteiger partial charge in [-0.15, -0.1) is 0 Å². The van der Waals surface area contributed by atoms with Crippen LogP contribution in [0.3, 0.4) is 0 Å². The van der Waals surface area contributed by atoms with Crippen molar-refractivity contribution in [2.75, 3.05) is 4.90 Å². The third kappa shape index (κ3) is 3.12. The minimum Gasteiger partial charge on any atom is -0.304 e. The van der Waals surface area contributed by atoms with Crippen molar-refractivity contribution in [3.8, 4) is 0 Å². The summed E-state index contributed by atoms with van der Waals surface area (Å²) in [6, 6.07) is 14.0. The van der Waals surface area contributed by atoms with Gasteiger partial charge in [-0.2, -0.15) is 0 Å². The Bertz CT molecular complexity index is 775. The third-order valence-corrected chi connectivity index (χ3v) is 4.65. The molecule has 2 aromatic rings. The van der Waals surface area contributed by atoms with Gasteiger partial charge < -0.3 is 4.90 Å². The molecule has 2 aromatic carbocycles. The normalized spacial score (nSPS) is 13.5. The minimum atomic E-state index is 0.0214. The van der Waals surface area contributed by atoms with Crippen LogP contribution in [0.5, 0.6) is 0 Å². The highest BCUT2D eigenvalue weighted by atomic mass is 16.2. The Hall–Kier alpha value is -2.42. The fourth-order valence-corrected chi connectivity index (χ4v) is 3.06. The van der Waals surface area contributed by atoms with Gasteiger partial charge in [-0.3, -0.25) is 9.59 Å². The number of rotatable bonds is 5. The van der Waals surface area contributed by atoms with Gasteiger partial charge >= 0.3 is 0 Å². The molecule has 0 saturated heterocycles. The lowest BCUT2D eigenvalue weighted by Crippen LogP contribution is -2.22. The molecule has 124 valence electrons. The summed E-state index contributed by atoms with van der Waals surface area (Å²) in [6.07, 6.45) is 0.930. The lowest BCUT2D eigenvalue weighted by molar-refractivity contribution is -0.118. The van der Waals surface area contributed by atoms with Crippen LogP contribution in [0.4, 0.5) is 5.69 Å². The molecule has 0 fully saturated rings. The van der Waals surface area contributed by atoms with E-state index in [0.717, 1.165) is 22.4 Å². The molecule has 0 spiro atoms. The van der Waals surface area contributed by atoms with E-state index in [1.165, 1.54) is 5.56 Å². The number of hydrogen-bond donors (Lipinski definition) is 0. The summed E-state index contributed by atoms with van der Waals surface area (Å²) in [6.45, 7) is 6.77. The number of amides is 1. The van der Waals surface area contributed by atoms with Crippen LogP contribution in [0.15, 0.2) is 42.5 Å². The number of carbonyl (C=O) groups excluding carboxylic acids is 2. The van der Waals surface area contributed by atoms with Gasteiger partial charge in [-0.05, 0) is 40.8 Å². The topological polar surface area (TPSA) is 37.4 Å². The summed E-state index contributed by atoms with van der Waals surface area (Å²) < 4.78 is 0. The number of hydrogen-bond acceptors (Lipinski definition) is 2. The van der Waals surface area contributed by atoms with Gasteiger partial charge in [0.1, 0.15) is 5.78 Å². The van der Waals surface area contributed by atoms with Gasteiger partial charge in [-0.1, -0.05) is 45.0 Å². The van der Waals surface area contributed by atoms with Crippen LogP contribution in [0.1, 0.15) is 60.2 Å². The number of anilines is 1. The van der Waals surface area contributed by atoms with Crippen molar-refractivity contribution in [3.63, 3.8) is 0 Å². The maximum Gasteiger partial charge on any atom is 0.258 e. The first-order valence-corrected chi connectivity index (χ1v) is 8.55. The van der Waals surface area contributed by atoms with Gasteiger partial charge in [0, 0.05) is 24.1 Å². The SMILES string of the molecule is CCC(=O)Cc1ccc2c(c1)C(=O)N(c1ccc(C(C)C)cc1)C2. The molecule has 3 heteroatoms. The van der Waals surface area contributed by atoms with E-state index in [-0.39, 0.29) is 11.7 Å². The van der Waals surface area contributed by atoms with Crippen LogP contribution in [0, 0.1) is 0 Å². The lowest BCUT2D eigenvalue weighted by atomic mass is 10.0. The van der Waals surface area contributed by atoms with Crippen molar-refractivity contribution >= 4 is 17.4 Å². The van der Waals surface area contributed by atoms with Crippen molar-refractivity contribution in [3.05, 3.63) is 64.7 Å². The first kappa shape index (κ1) is 16.4. The zero-order chi connectivity index (χ0) is 17.3. The van der Waals surface area contributed by atoms with Gasteiger partial charge in [0.25, 0.3) is 5.91 Å². The maximum absolute atomic E-state index is 12.8. The number of ketones is 1. The van der Waals surface area contributed by atoms with Crippen LogP contribution >= 0.6 is 0 Å². The molecule has 0 aromatic heterocycles. The number of Topliss-reactive ketones (excluding diaryl/α,β-unsaturated/α-hetero) is 1. The average Bonchev–Trinajstić information content (AvgIpc) is 2.91. The molecule has 3 nitrogen and oxygen atoms in total. The fraction of sp³-hybridized carbons (Fsp3) is 0.333. The molecule has 0 atom stereocenters. The van der Waals surface area contributed by atoms with Crippen LogP contribution in [-0.4, -0.2) is 11.7 Å². The van der Waals surface area contributed by atoms with Crippen molar-refractivity contribution in [1.29, 1.82) is 0 Å². The molecule has 24 heavy (non-hydrogen) atoms. The first-order chi connectivity index (χ1) is 11.5. The van der Waals surface area contributed by atoms with Crippen LogP contribution in [0.2, 0.25) is 0 Å². The number of benzene rings is 2. The van der Waals surface area contributed by atoms with E-state index in [1.54, 1.807) is 4.90 Å². The highest BCUT2D eigenvalue weighted by Gasteiger charge is 2.28. The molecule has 1 aliphatic rings. The zero-order valence-corrected chi connectivity index (χ0v) is 14.5. The molecule has 0 unspecified atom stereocenters. The largest absolute Gasteiger partial charge is 0.304 e.